The summed E-state index contributed by atoms with van der Waals surface area (Å²) in [6, 6.07) is 0.331. The highest BCUT2D eigenvalue weighted by molar-refractivity contribution is 6.60. The summed E-state index contributed by atoms with van der Waals surface area (Å²) in [6.07, 6.45) is 3.60. The Morgan fingerprint density at radius 2 is 1.29 bits per heavy atom. The van der Waals surface area contributed by atoms with E-state index in [1.165, 1.54) is 0 Å². The Labute approximate surface area is 211 Å². The molecule has 0 aromatic carbocycles. The maximum atomic E-state index is 11.8. The molecule has 0 rings (SSSR count). The lowest BCUT2D eigenvalue weighted by atomic mass is 10.2. The van der Waals surface area contributed by atoms with E-state index < -0.39 is 20.9 Å². The average Bonchev–Trinajstić information content (AvgIpc) is 2.81. The molecule has 12 heteroatoms. The zero-order valence-electron chi connectivity index (χ0n) is 21.9. The largest absolute Gasteiger partial charge is 0.500 e. The number of esters is 1. The summed E-state index contributed by atoms with van der Waals surface area (Å²) < 4.78 is 27.5. The Balaban J connectivity index is 3.70. The van der Waals surface area contributed by atoms with Gasteiger partial charge in [0, 0.05) is 44.5 Å². The van der Waals surface area contributed by atoms with E-state index in [2.05, 4.69) is 22.5 Å². The van der Waals surface area contributed by atoms with E-state index in [0.29, 0.717) is 57.6 Å². The molecule has 0 radical (unpaired) electrons. The number of unbranched alkanes of at least 4 members (excludes halogenated alkanes) is 3. The number of rotatable bonds is 21. The summed E-state index contributed by atoms with van der Waals surface area (Å²) >= 11 is 0. The smallest absolute Gasteiger partial charge is 0.460 e. The van der Waals surface area contributed by atoms with Gasteiger partial charge in [0.25, 0.3) is 0 Å². The first-order valence-electron chi connectivity index (χ1n) is 12.5. The fraction of sp³-hybridized carbons (Fsp3) is 0.783. The molecule has 3 amide bonds. The number of nitrogens with one attached hydrogen (secondary N) is 3. The van der Waals surface area contributed by atoms with Gasteiger partial charge in [-0.2, -0.15) is 0 Å². The lowest BCUT2D eigenvalue weighted by Gasteiger charge is -2.28. The first-order valence-corrected chi connectivity index (χ1v) is 14.4. The Morgan fingerprint density at radius 1 is 0.714 bits per heavy atom. The van der Waals surface area contributed by atoms with Gasteiger partial charge in [0.2, 0.25) is 0 Å². The highest BCUT2D eigenvalue weighted by atomic mass is 28.4. The van der Waals surface area contributed by atoms with Crippen LogP contribution in [-0.2, 0) is 27.5 Å². The maximum absolute atomic E-state index is 11.8. The Bertz CT molecular complexity index is 605. The Morgan fingerprint density at radius 3 is 1.89 bits per heavy atom. The minimum absolute atomic E-state index is 0.100. The maximum Gasteiger partial charge on any atom is 0.500 e. The number of hydrogen-bond acceptors (Lipinski definition) is 8. The highest BCUT2D eigenvalue weighted by Gasteiger charge is 2.39. The molecule has 204 valence electrons. The van der Waals surface area contributed by atoms with Crippen molar-refractivity contribution in [3.05, 3.63) is 12.2 Å². The summed E-state index contributed by atoms with van der Waals surface area (Å²) in [4.78, 5) is 34.7. The van der Waals surface area contributed by atoms with Crippen LogP contribution in [0, 0.1) is 0 Å². The molecule has 35 heavy (non-hydrogen) atoms. The number of carbonyl (C=O) groups is 3. The summed E-state index contributed by atoms with van der Waals surface area (Å²) in [7, 11) is -2.68. The fourth-order valence-electron chi connectivity index (χ4n) is 2.99. The van der Waals surface area contributed by atoms with Crippen molar-refractivity contribution >= 4 is 26.9 Å². The summed E-state index contributed by atoms with van der Waals surface area (Å²) in [6.45, 7) is 14.0. The van der Waals surface area contributed by atoms with Crippen molar-refractivity contribution in [2.24, 2.45) is 0 Å². The first-order chi connectivity index (χ1) is 16.8. The van der Waals surface area contributed by atoms with E-state index in [4.69, 9.17) is 22.8 Å². The highest BCUT2D eigenvalue weighted by Crippen LogP contribution is 2.17. The van der Waals surface area contributed by atoms with Crippen molar-refractivity contribution in [3.8, 4) is 0 Å². The molecule has 0 saturated heterocycles. The lowest BCUT2D eigenvalue weighted by Crippen LogP contribution is -2.46. The zero-order chi connectivity index (χ0) is 26.4. The van der Waals surface area contributed by atoms with Gasteiger partial charge >= 0.3 is 26.9 Å². The normalized spacial score (nSPS) is 11.0. The number of hydrogen-bond donors (Lipinski definition) is 3. The molecule has 0 atom stereocenters. The predicted octanol–water partition coefficient (Wildman–Crippen LogP) is 3.13. The van der Waals surface area contributed by atoms with Crippen LogP contribution in [0.15, 0.2) is 12.2 Å². The fourth-order valence-corrected chi connectivity index (χ4v) is 5.60. The molecule has 0 unspecified atom stereocenters. The number of carbonyl (C=O) groups excluding carboxylic acids is 3. The minimum atomic E-state index is -2.68. The van der Waals surface area contributed by atoms with Crippen LogP contribution in [0.1, 0.15) is 59.8 Å². The van der Waals surface area contributed by atoms with E-state index in [9.17, 15) is 14.4 Å². The second kappa shape index (κ2) is 21.2. The molecule has 0 aliphatic carbocycles. The molecule has 3 N–H and O–H groups in total. The van der Waals surface area contributed by atoms with Gasteiger partial charge in [-0.3, -0.25) is 0 Å². The van der Waals surface area contributed by atoms with Crippen molar-refractivity contribution in [1.82, 2.24) is 16.0 Å². The van der Waals surface area contributed by atoms with Gasteiger partial charge in [-0.25, -0.2) is 14.4 Å². The van der Waals surface area contributed by atoms with Crippen LogP contribution in [0.5, 0.6) is 0 Å². The second-order valence-corrected chi connectivity index (χ2v) is 10.4. The zero-order valence-corrected chi connectivity index (χ0v) is 22.9. The molecule has 11 nitrogen and oxygen atoms in total. The van der Waals surface area contributed by atoms with E-state index in [-0.39, 0.29) is 19.2 Å². The average molecular weight is 520 g/mol. The summed E-state index contributed by atoms with van der Waals surface area (Å²) in [5.41, 5.74) is 0.321. The van der Waals surface area contributed by atoms with Gasteiger partial charge in [-0.05, 0) is 53.4 Å². The first kappa shape index (κ1) is 32.8. The van der Waals surface area contributed by atoms with Gasteiger partial charge in [0.05, 0.1) is 13.2 Å². The SMILES string of the molecule is C=C(C)C(=O)OCCNC(=O)NCCCCCCOC(=O)NCCC[Si](OCC)(OCC)OCC. The van der Waals surface area contributed by atoms with Crippen LogP contribution < -0.4 is 16.0 Å². The van der Waals surface area contributed by atoms with Crippen molar-refractivity contribution in [2.75, 3.05) is 52.7 Å². The third-order valence-electron chi connectivity index (χ3n) is 4.58. The molecule has 0 aromatic rings. The third-order valence-corrected chi connectivity index (χ3v) is 7.73. The van der Waals surface area contributed by atoms with Crippen molar-refractivity contribution in [1.29, 1.82) is 0 Å². The van der Waals surface area contributed by atoms with E-state index >= 15 is 0 Å². The molecule has 0 saturated carbocycles. The lowest BCUT2D eigenvalue weighted by molar-refractivity contribution is -0.138. The van der Waals surface area contributed by atoms with E-state index in [1.807, 2.05) is 20.8 Å². The molecule has 0 aliphatic rings. The molecule has 0 fully saturated rings. The van der Waals surface area contributed by atoms with E-state index in [1.54, 1.807) is 6.92 Å². The minimum Gasteiger partial charge on any atom is -0.460 e. The molecular weight excluding hydrogens is 474 g/mol. The number of ether oxygens (including phenoxy) is 2. The van der Waals surface area contributed by atoms with Gasteiger partial charge < -0.3 is 38.7 Å². The summed E-state index contributed by atoms with van der Waals surface area (Å²) in [5.74, 6) is -0.473. The predicted molar refractivity (Wildman–Crippen MR) is 135 cm³/mol. The van der Waals surface area contributed by atoms with Crippen LogP contribution in [0.3, 0.4) is 0 Å². The summed E-state index contributed by atoms with van der Waals surface area (Å²) in [5, 5.41) is 8.09. The third kappa shape index (κ3) is 17.9. The van der Waals surface area contributed by atoms with Crippen molar-refractivity contribution in [3.63, 3.8) is 0 Å². The quantitative estimate of drug-likeness (QED) is 0.0912. The second-order valence-electron chi connectivity index (χ2n) is 7.66. The molecule has 0 spiro atoms. The van der Waals surface area contributed by atoms with Crippen LogP contribution >= 0.6 is 0 Å². The Hall–Kier alpha value is -2.15. The van der Waals surface area contributed by atoms with E-state index in [0.717, 1.165) is 25.7 Å². The van der Waals surface area contributed by atoms with Crippen LogP contribution in [0.4, 0.5) is 9.59 Å². The standard InChI is InChI=1S/C23H45N3O8Si/c1-6-32-35(33-7-2,34-8-3)19-13-15-26-23(29)31-17-12-10-9-11-14-24-22(28)25-16-18-30-21(27)20(4)5/h4,6-19H2,1-3,5H3,(H,26,29)(H2,24,25,28). The van der Waals surface area contributed by atoms with Gasteiger partial charge in [0.15, 0.2) is 0 Å². The number of amides is 3. The molecule has 0 heterocycles. The van der Waals surface area contributed by atoms with Crippen LogP contribution in [0.2, 0.25) is 6.04 Å². The molecule has 0 bridgehead atoms. The number of alkyl carbamates (subject to hydrolysis) is 1. The van der Waals surface area contributed by atoms with Gasteiger partial charge in [0.1, 0.15) is 6.61 Å². The Kier molecular flexibility index (Phi) is 19.9. The molecule has 0 aliphatic heterocycles. The van der Waals surface area contributed by atoms with Gasteiger partial charge in [-0.1, -0.05) is 13.0 Å². The van der Waals surface area contributed by atoms with Crippen LogP contribution in [-0.4, -0.2) is 79.6 Å². The number of urea groups is 1. The van der Waals surface area contributed by atoms with Gasteiger partial charge in [-0.15, -0.1) is 0 Å². The monoisotopic (exact) mass is 519 g/mol. The van der Waals surface area contributed by atoms with Crippen molar-refractivity contribution < 1.29 is 37.1 Å². The topological polar surface area (TPSA) is 133 Å². The molecular formula is C23H45N3O8Si. The van der Waals surface area contributed by atoms with Crippen molar-refractivity contribution in [2.45, 2.75) is 65.8 Å². The molecule has 0 aromatic heterocycles. The van der Waals surface area contributed by atoms with Crippen LogP contribution in [0.25, 0.3) is 0 Å².